The minimum atomic E-state index is 0.295. The van der Waals surface area contributed by atoms with Crippen LogP contribution in [0.1, 0.15) is 38.4 Å². The van der Waals surface area contributed by atoms with Gasteiger partial charge in [0.05, 0.1) is 0 Å². The number of likely N-dealkylation sites (N-methyl/N-ethyl adjacent to an activating group) is 1. The van der Waals surface area contributed by atoms with Crippen LogP contribution in [0.5, 0.6) is 0 Å². The predicted octanol–water partition coefficient (Wildman–Crippen LogP) is 1.69. The fraction of sp³-hybridized carbons (Fsp3) is 0.692. The van der Waals surface area contributed by atoms with Crippen molar-refractivity contribution in [2.24, 2.45) is 0 Å². The summed E-state index contributed by atoms with van der Waals surface area (Å²) in [4.78, 5) is 11.1. The smallest absolute Gasteiger partial charge is 0.135 e. The lowest BCUT2D eigenvalue weighted by Crippen LogP contribution is -2.40. The zero-order valence-electron chi connectivity index (χ0n) is 11.5. The topological polar surface area (TPSA) is 67.1 Å². The zero-order valence-corrected chi connectivity index (χ0v) is 11.5. The SMILES string of the molecule is CC(C)c1nc(N)cc(NC2CCCN(C)C2)n1. The maximum atomic E-state index is 5.83. The molecular formula is C13H23N5. The summed E-state index contributed by atoms with van der Waals surface area (Å²) in [5.74, 6) is 2.50. The van der Waals surface area contributed by atoms with Crippen LogP contribution in [0.2, 0.25) is 0 Å². The third-order valence-electron chi connectivity index (χ3n) is 3.26. The molecular weight excluding hydrogens is 226 g/mol. The van der Waals surface area contributed by atoms with Crippen molar-refractivity contribution in [1.82, 2.24) is 14.9 Å². The third kappa shape index (κ3) is 3.32. The number of rotatable bonds is 3. The van der Waals surface area contributed by atoms with E-state index in [1.54, 1.807) is 0 Å². The number of nitrogens with two attached hydrogens (primary N) is 1. The Bertz CT molecular complexity index is 404. The number of hydrogen-bond acceptors (Lipinski definition) is 5. The van der Waals surface area contributed by atoms with Gasteiger partial charge in [-0.25, -0.2) is 9.97 Å². The molecule has 0 spiro atoms. The van der Waals surface area contributed by atoms with E-state index >= 15 is 0 Å². The molecule has 0 radical (unpaired) electrons. The molecule has 5 heteroatoms. The Morgan fingerprint density at radius 3 is 2.89 bits per heavy atom. The second kappa shape index (κ2) is 5.52. The average molecular weight is 249 g/mol. The maximum Gasteiger partial charge on any atom is 0.135 e. The van der Waals surface area contributed by atoms with Crippen molar-refractivity contribution in [3.63, 3.8) is 0 Å². The number of nitrogen functional groups attached to an aromatic ring is 1. The molecule has 18 heavy (non-hydrogen) atoms. The molecule has 1 saturated heterocycles. The van der Waals surface area contributed by atoms with E-state index in [1.807, 2.05) is 6.07 Å². The highest BCUT2D eigenvalue weighted by Gasteiger charge is 2.17. The van der Waals surface area contributed by atoms with E-state index in [1.165, 1.54) is 19.4 Å². The van der Waals surface area contributed by atoms with Crippen LogP contribution in [0.25, 0.3) is 0 Å². The fourth-order valence-electron chi connectivity index (χ4n) is 2.31. The number of aromatic nitrogens is 2. The van der Waals surface area contributed by atoms with Crippen molar-refractivity contribution in [2.75, 3.05) is 31.2 Å². The highest BCUT2D eigenvalue weighted by molar-refractivity contribution is 5.45. The summed E-state index contributed by atoms with van der Waals surface area (Å²) >= 11 is 0. The Balaban J connectivity index is 2.08. The van der Waals surface area contributed by atoms with Gasteiger partial charge in [-0.05, 0) is 26.4 Å². The lowest BCUT2D eigenvalue weighted by Gasteiger charge is -2.30. The number of nitrogens with one attached hydrogen (secondary N) is 1. The Labute approximate surface area is 109 Å². The number of hydrogen-bond donors (Lipinski definition) is 2. The van der Waals surface area contributed by atoms with Crippen LogP contribution in [-0.2, 0) is 0 Å². The molecule has 1 unspecified atom stereocenters. The number of likely N-dealkylation sites (tertiary alicyclic amines) is 1. The van der Waals surface area contributed by atoms with Crippen LogP contribution < -0.4 is 11.1 Å². The van der Waals surface area contributed by atoms with Gasteiger partial charge in [-0.15, -0.1) is 0 Å². The molecule has 0 saturated carbocycles. The van der Waals surface area contributed by atoms with Crippen molar-refractivity contribution < 1.29 is 0 Å². The Hall–Kier alpha value is -1.36. The molecule has 0 amide bonds. The van der Waals surface area contributed by atoms with Gasteiger partial charge in [-0.2, -0.15) is 0 Å². The molecule has 1 aromatic heterocycles. The van der Waals surface area contributed by atoms with Gasteiger partial charge in [0.2, 0.25) is 0 Å². The van der Waals surface area contributed by atoms with Crippen LogP contribution >= 0.6 is 0 Å². The largest absolute Gasteiger partial charge is 0.384 e. The van der Waals surface area contributed by atoms with Crippen LogP contribution in [0.3, 0.4) is 0 Å². The van der Waals surface area contributed by atoms with Crippen LogP contribution in [0.4, 0.5) is 11.6 Å². The van der Waals surface area contributed by atoms with E-state index in [9.17, 15) is 0 Å². The number of piperidine rings is 1. The van der Waals surface area contributed by atoms with E-state index in [4.69, 9.17) is 5.73 Å². The number of anilines is 2. The fourth-order valence-corrected chi connectivity index (χ4v) is 2.31. The van der Waals surface area contributed by atoms with Gasteiger partial charge in [-0.3, -0.25) is 0 Å². The molecule has 3 N–H and O–H groups in total. The normalized spacial score (nSPS) is 21.2. The van der Waals surface area contributed by atoms with Gasteiger partial charge < -0.3 is 16.0 Å². The van der Waals surface area contributed by atoms with Gasteiger partial charge in [0.25, 0.3) is 0 Å². The van der Waals surface area contributed by atoms with Crippen LogP contribution in [0, 0.1) is 0 Å². The quantitative estimate of drug-likeness (QED) is 0.853. The van der Waals surface area contributed by atoms with E-state index in [-0.39, 0.29) is 0 Å². The van der Waals surface area contributed by atoms with Crippen molar-refractivity contribution in [3.8, 4) is 0 Å². The second-order valence-corrected chi connectivity index (χ2v) is 5.44. The predicted molar refractivity (Wildman–Crippen MR) is 74.7 cm³/mol. The summed E-state index contributed by atoms with van der Waals surface area (Å²) in [6.07, 6.45) is 2.41. The Kier molecular flexibility index (Phi) is 4.01. The second-order valence-electron chi connectivity index (χ2n) is 5.44. The van der Waals surface area contributed by atoms with Crippen molar-refractivity contribution in [2.45, 2.75) is 38.6 Å². The minimum Gasteiger partial charge on any atom is -0.384 e. The first-order valence-corrected chi connectivity index (χ1v) is 6.64. The first-order chi connectivity index (χ1) is 8.54. The average Bonchev–Trinajstić information content (AvgIpc) is 2.28. The lowest BCUT2D eigenvalue weighted by atomic mass is 10.1. The summed E-state index contributed by atoms with van der Waals surface area (Å²) in [6.45, 7) is 6.39. The first kappa shape index (κ1) is 13.1. The van der Waals surface area contributed by atoms with Crippen LogP contribution in [-0.4, -0.2) is 41.0 Å². The molecule has 1 aliphatic heterocycles. The molecule has 5 nitrogen and oxygen atoms in total. The monoisotopic (exact) mass is 249 g/mol. The Morgan fingerprint density at radius 2 is 2.22 bits per heavy atom. The van der Waals surface area contributed by atoms with Crippen molar-refractivity contribution >= 4 is 11.6 Å². The van der Waals surface area contributed by atoms with Gasteiger partial charge in [-0.1, -0.05) is 13.8 Å². The molecule has 0 aliphatic carbocycles. The molecule has 0 bridgehead atoms. The summed E-state index contributed by atoms with van der Waals surface area (Å²) in [7, 11) is 2.15. The highest BCUT2D eigenvalue weighted by Crippen LogP contribution is 2.18. The standard InChI is InChI=1S/C13H23N5/c1-9(2)13-16-11(14)7-12(17-13)15-10-5-4-6-18(3)8-10/h7,9-10H,4-6,8H2,1-3H3,(H3,14,15,16,17). The summed E-state index contributed by atoms with van der Waals surface area (Å²) in [5.41, 5.74) is 5.83. The van der Waals surface area contributed by atoms with Gasteiger partial charge in [0.1, 0.15) is 17.5 Å². The number of nitrogens with zero attached hydrogens (tertiary/aromatic N) is 3. The summed E-state index contributed by atoms with van der Waals surface area (Å²) in [5, 5.41) is 3.47. The molecule has 1 aromatic rings. The molecule has 1 fully saturated rings. The summed E-state index contributed by atoms with van der Waals surface area (Å²) in [6, 6.07) is 2.28. The molecule has 1 aliphatic rings. The molecule has 2 heterocycles. The molecule has 2 rings (SSSR count). The molecule has 1 atom stereocenters. The van der Waals surface area contributed by atoms with Crippen LogP contribution in [0.15, 0.2) is 6.07 Å². The third-order valence-corrected chi connectivity index (χ3v) is 3.26. The molecule has 0 aromatic carbocycles. The van der Waals surface area contributed by atoms with Crippen molar-refractivity contribution in [3.05, 3.63) is 11.9 Å². The maximum absolute atomic E-state index is 5.83. The van der Waals surface area contributed by atoms with Crippen molar-refractivity contribution in [1.29, 1.82) is 0 Å². The van der Waals surface area contributed by atoms with E-state index in [2.05, 4.69) is 41.1 Å². The zero-order chi connectivity index (χ0) is 13.1. The molecule has 100 valence electrons. The van der Waals surface area contributed by atoms with Gasteiger partial charge >= 0.3 is 0 Å². The van der Waals surface area contributed by atoms with Gasteiger partial charge in [0.15, 0.2) is 0 Å². The minimum absolute atomic E-state index is 0.295. The van der Waals surface area contributed by atoms with E-state index in [0.717, 1.165) is 18.2 Å². The van der Waals surface area contributed by atoms with E-state index < -0.39 is 0 Å². The lowest BCUT2D eigenvalue weighted by molar-refractivity contribution is 0.260. The van der Waals surface area contributed by atoms with E-state index in [0.29, 0.717) is 17.8 Å². The Morgan fingerprint density at radius 1 is 1.44 bits per heavy atom. The summed E-state index contributed by atoms with van der Waals surface area (Å²) < 4.78 is 0. The van der Waals surface area contributed by atoms with Gasteiger partial charge in [0, 0.05) is 24.6 Å². The highest BCUT2D eigenvalue weighted by atomic mass is 15.2. The first-order valence-electron chi connectivity index (χ1n) is 6.64.